The number of aliphatic hydroxyl groups is 1. The van der Waals surface area contributed by atoms with Gasteiger partial charge in [-0.2, -0.15) is 0 Å². The van der Waals surface area contributed by atoms with Crippen molar-refractivity contribution in [2.75, 3.05) is 0 Å². The number of halogens is 1. The van der Waals surface area contributed by atoms with Crippen LogP contribution in [0.2, 0.25) is 5.02 Å². The Morgan fingerprint density at radius 1 is 1.07 bits per heavy atom. The van der Waals surface area contributed by atoms with Gasteiger partial charge in [0.1, 0.15) is 6.04 Å². The molecule has 1 aliphatic carbocycles. The molecule has 2 aromatic carbocycles. The number of hydrogen-bond donors (Lipinski definition) is 2. The summed E-state index contributed by atoms with van der Waals surface area (Å²) in [5, 5.41) is 11.0. The number of nitrogens with zero attached hydrogens (tertiary/aromatic N) is 2. The molecule has 3 amide bonds. The summed E-state index contributed by atoms with van der Waals surface area (Å²) in [6.45, 7) is 5.24. The Balaban J connectivity index is 1.54. The number of nitrogens with one attached hydrogen (secondary N) is 1. The third-order valence-corrected chi connectivity index (χ3v) is 11.2. The summed E-state index contributed by atoms with van der Waals surface area (Å²) in [4.78, 5) is 44.5. The Labute approximate surface area is 245 Å². The Bertz CT molecular complexity index is 1470. The molecule has 4 atom stereocenters. The lowest BCUT2D eigenvalue weighted by atomic mass is 9.73. The third kappa shape index (κ3) is 5.04. The molecule has 5 rings (SSSR count). The molecule has 11 heteroatoms. The van der Waals surface area contributed by atoms with E-state index in [1.54, 1.807) is 54.3 Å². The van der Waals surface area contributed by atoms with Crippen molar-refractivity contribution >= 4 is 39.3 Å². The van der Waals surface area contributed by atoms with Gasteiger partial charge in [-0.15, -0.1) is 0 Å². The second kappa shape index (κ2) is 11.0. The van der Waals surface area contributed by atoms with E-state index in [2.05, 4.69) is 4.72 Å². The van der Waals surface area contributed by atoms with Crippen molar-refractivity contribution in [3.8, 4) is 0 Å². The molecule has 220 valence electrons. The predicted octanol–water partition coefficient (Wildman–Crippen LogP) is 4.32. The average Bonchev–Trinajstić information content (AvgIpc) is 3.68. The third-order valence-electron chi connectivity index (χ3n) is 9.17. The van der Waals surface area contributed by atoms with Crippen LogP contribution < -0.4 is 4.72 Å². The minimum atomic E-state index is -3.81. The van der Waals surface area contributed by atoms with Gasteiger partial charge in [-0.25, -0.2) is 8.42 Å². The molecule has 0 bridgehead atoms. The second-order valence-corrected chi connectivity index (χ2v) is 13.7. The summed E-state index contributed by atoms with van der Waals surface area (Å²) in [5.74, 6) is -1.49. The maximum Gasteiger partial charge on any atom is 0.257 e. The highest BCUT2D eigenvalue weighted by atomic mass is 35.5. The van der Waals surface area contributed by atoms with E-state index in [9.17, 15) is 27.9 Å². The highest BCUT2D eigenvalue weighted by Crippen LogP contribution is 2.48. The summed E-state index contributed by atoms with van der Waals surface area (Å²) in [7, 11) is -3.81. The lowest BCUT2D eigenvalue weighted by molar-refractivity contribution is -0.148. The van der Waals surface area contributed by atoms with Crippen LogP contribution in [-0.4, -0.2) is 58.4 Å². The fourth-order valence-electron chi connectivity index (χ4n) is 6.63. The Kier molecular flexibility index (Phi) is 7.95. The number of benzene rings is 2. The molecule has 9 nitrogen and oxygen atoms in total. The van der Waals surface area contributed by atoms with E-state index in [4.69, 9.17) is 11.6 Å². The van der Waals surface area contributed by atoms with Crippen LogP contribution in [0.25, 0.3) is 0 Å². The smallest absolute Gasteiger partial charge is 0.257 e. The molecule has 41 heavy (non-hydrogen) atoms. The van der Waals surface area contributed by atoms with Gasteiger partial charge < -0.3 is 10.0 Å². The molecule has 2 N–H and O–H groups in total. The molecule has 2 aliphatic heterocycles. The van der Waals surface area contributed by atoms with Crippen molar-refractivity contribution in [1.29, 1.82) is 0 Å². The van der Waals surface area contributed by atoms with Crippen molar-refractivity contribution in [1.82, 2.24) is 14.5 Å². The number of aliphatic hydroxyl groups excluding tert-OH is 1. The summed E-state index contributed by atoms with van der Waals surface area (Å²) < 4.78 is 27.9. The van der Waals surface area contributed by atoms with E-state index in [0.29, 0.717) is 54.7 Å². The summed E-state index contributed by atoms with van der Waals surface area (Å²) in [6.07, 6.45) is 1.32. The SMILES string of the molecule is CCC(CC)(C(=O)NS(=O)(=O)C1CC1)[C@H]1CC[C@@H](c2cccc(Cl)c2)N1C(=O)[C@@H](C)N1C(=O)c2ccccc2C1O. The van der Waals surface area contributed by atoms with Crippen LogP contribution in [0.1, 0.15) is 93.1 Å². The number of carbonyl (C=O) groups excluding carboxylic acids is 3. The topological polar surface area (TPSA) is 124 Å². The molecule has 1 saturated carbocycles. The molecule has 3 aliphatic rings. The number of hydrogen-bond acceptors (Lipinski definition) is 6. The standard InChI is InChI=1S/C30H36ClN3O6S/c1-4-30(5-2,29(38)32-41(39,40)21-13-14-21)25-16-15-24(19-9-8-10-20(31)17-19)34(25)26(35)18(3)33-27(36)22-11-6-7-12-23(22)28(33)37/h6-12,17-18,21,24-25,27,36H,4-5,13-16H2,1-3H3,(H,32,38)/t18-,24+,25-,27?/m1/s1. The number of sulfonamides is 1. The summed E-state index contributed by atoms with van der Waals surface area (Å²) in [6, 6.07) is 11.7. The van der Waals surface area contributed by atoms with Gasteiger partial charge in [0, 0.05) is 22.2 Å². The van der Waals surface area contributed by atoms with Gasteiger partial charge in [0.25, 0.3) is 5.91 Å². The normalized spacial score (nSPS) is 23.4. The van der Waals surface area contributed by atoms with Gasteiger partial charge in [0.05, 0.1) is 16.7 Å². The van der Waals surface area contributed by atoms with E-state index in [-0.39, 0.29) is 0 Å². The molecule has 1 saturated heterocycles. The molecule has 2 fully saturated rings. The first kappa shape index (κ1) is 29.5. The lowest BCUT2D eigenvalue weighted by Gasteiger charge is -2.44. The molecule has 2 aromatic rings. The highest BCUT2D eigenvalue weighted by molar-refractivity contribution is 7.90. The van der Waals surface area contributed by atoms with E-state index >= 15 is 0 Å². The first-order valence-electron chi connectivity index (χ1n) is 14.2. The monoisotopic (exact) mass is 601 g/mol. The van der Waals surface area contributed by atoms with Crippen LogP contribution in [0.5, 0.6) is 0 Å². The molecular weight excluding hydrogens is 566 g/mol. The minimum Gasteiger partial charge on any atom is -0.369 e. The zero-order valence-electron chi connectivity index (χ0n) is 23.4. The maximum absolute atomic E-state index is 14.5. The Morgan fingerprint density at radius 2 is 1.76 bits per heavy atom. The fourth-order valence-corrected chi connectivity index (χ4v) is 8.21. The van der Waals surface area contributed by atoms with Gasteiger partial charge in [-0.3, -0.25) is 24.0 Å². The van der Waals surface area contributed by atoms with Crippen LogP contribution in [-0.2, 0) is 19.6 Å². The summed E-state index contributed by atoms with van der Waals surface area (Å²) in [5.41, 5.74) is 0.360. The van der Waals surface area contributed by atoms with Crippen LogP contribution in [0.4, 0.5) is 0 Å². The largest absolute Gasteiger partial charge is 0.369 e. The molecule has 0 radical (unpaired) electrons. The number of rotatable bonds is 9. The van der Waals surface area contributed by atoms with Crippen LogP contribution in [0, 0.1) is 5.41 Å². The zero-order chi connectivity index (χ0) is 29.7. The van der Waals surface area contributed by atoms with Gasteiger partial charge in [0.15, 0.2) is 6.23 Å². The molecule has 0 spiro atoms. The van der Waals surface area contributed by atoms with E-state index in [0.717, 1.165) is 5.56 Å². The van der Waals surface area contributed by atoms with Gasteiger partial charge in [-0.1, -0.05) is 55.8 Å². The highest BCUT2D eigenvalue weighted by Gasteiger charge is 2.55. The quantitative estimate of drug-likeness (QED) is 0.441. The molecule has 2 heterocycles. The van der Waals surface area contributed by atoms with E-state index in [1.807, 2.05) is 19.9 Å². The Hall–Kier alpha value is -2.95. The maximum atomic E-state index is 14.5. The van der Waals surface area contributed by atoms with E-state index in [1.165, 1.54) is 4.90 Å². The fraction of sp³-hybridized carbons (Fsp3) is 0.500. The first-order valence-corrected chi connectivity index (χ1v) is 16.1. The van der Waals surface area contributed by atoms with Gasteiger partial charge in [0.2, 0.25) is 21.8 Å². The van der Waals surface area contributed by atoms with Crippen molar-refractivity contribution in [2.24, 2.45) is 5.41 Å². The number of likely N-dealkylation sites (tertiary alicyclic amines) is 1. The number of carbonyl (C=O) groups is 3. The van der Waals surface area contributed by atoms with Crippen molar-refractivity contribution < 1.29 is 27.9 Å². The minimum absolute atomic E-state index is 0.303. The predicted molar refractivity (Wildman–Crippen MR) is 154 cm³/mol. The molecule has 1 unspecified atom stereocenters. The molecule has 0 aromatic heterocycles. The van der Waals surface area contributed by atoms with Crippen LogP contribution in [0.15, 0.2) is 48.5 Å². The van der Waals surface area contributed by atoms with Crippen molar-refractivity contribution in [3.05, 3.63) is 70.2 Å². The second-order valence-electron chi connectivity index (χ2n) is 11.3. The van der Waals surface area contributed by atoms with E-state index < -0.39 is 62.8 Å². The first-order chi connectivity index (χ1) is 19.5. The number of amides is 3. The summed E-state index contributed by atoms with van der Waals surface area (Å²) >= 11 is 6.33. The lowest BCUT2D eigenvalue weighted by Crippen LogP contribution is -2.58. The van der Waals surface area contributed by atoms with Crippen LogP contribution in [0.3, 0.4) is 0 Å². The van der Waals surface area contributed by atoms with Crippen molar-refractivity contribution in [2.45, 2.75) is 88.9 Å². The zero-order valence-corrected chi connectivity index (χ0v) is 25.0. The number of fused-ring (bicyclic) bond motifs is 1. The van der Waals surface area contributed by atoms with Crippen LogP contribution >= 0.6 is 11.6 Å². The van der Waals surface area contributed by atoms with Gasteiger partial charge in [-0.05, 0) is 69.2 Å². The van der Waals surface area contributed by atoms with Gasteiger partial charge >= 0.3 is 0 Å². The average molecular weight is 602 g/mol. The van der Waals surface area contributed by atoms with Crippen molar-refractivity contribution in [3.63, 3.8) is 0 Å². The molecular formula is C30H36ClN3O6S. The Morgan fingerprint density at radius 3 is 2.37 bits per heavy atom.